The molecule has 0 unspecified atom stereocenters. The minimum atomic E-state index is -0.137. The van der Waals surface area contributed by atoms with Gasteiger partial charge in [-0.2, -0.15) is 0 Å². The van der Waals surface area contributed by atoms with E-state index in [0.717, 1.165) is 54.6 Å². The van der Waals surface area contributed by atoms with E-state index < -0.39 is 0 Å². The summed E-state index contributed by atoms with van der Waals surface area (Å²) in [6, 6.07) is 22.6. The molecule has 5 heteroatoms. The number of ether oxygens (including phenoxy) is 1. The summed E-state index contributed by atoms with van der Waals surface area (Å²) in [6.07, 6.45) is 2.71. The second-order valence-corrected chi connectivity index (χ2v) is 8.53. The summed E-state index contributed by atoms with van der Waals surface area (Å²) in [7, 11) is 0. The lowest BCUT2D eigenvalue weighted by molar-refractivity contribution is -0.121. The number of benzene rings is 3. The first-order chi connectivity index (χ1) is 15.7. The normalized spacial score (nSPS) is 15.0. The fourth-order valence-corrected chi connectivity index (χ4v) is 4.12. The average Bonchev–Trinajstić information content (AvgIpc) is 2.83. The third-order valence-corrected chi connectivity index (χ3v) is 6.03. The molecular formula is C27H32N2O3. The zero-order valence-corrected chi connectivity index (χ0v) is 18.5. The van der Waals surface area contributed by atoms with Crippen LogP contribution in [0.15, 0.2) is 66.7 Å². The van der Waals surface area contributed by atoms with Crippen LogP contribution >= 0.6 is 0 Å². The van der Waals surface area contributed by atoms with Gasteiger partial charge in [-0.05, 0) is 41.8 Å². The molecular weight excluding hydrogens is 400 g/mol. The molecule has 0 aromatic heterocycles. The number of hydrogen-bond acceptors (Lipinski definition) is 4. The Morgan fingerprint density at radius 3 is 2.50 bits per heavy atom. The summed E-state index contributed by atoms with van der Waals surface area (Å²) in [5, 5.41) is 14.9. The lowest BCUT2D eigenvalue weighted by Gasteiger charge is -2.29. The van der Waals surface area contributed by atoms with Gasteiger partial charge < -0.3 is 15.2 Å². The molecule has 4 rings (SSSR count). The zero-order chi connectivity index (χ0) is 22.2. The van der Waals surface area contributed by atoms with Gasteiger partial charge in [-0.15, -0.1) is 0 Å². The molecule has 1 aliphatic heterocycles. The lowest BCUT2D eigenvalue weighted by atomic mass is 10.1. The molecule has 0 atom stereocenters. The van der Waals surface area contributed by atoms with Crippen molar-refractivity contribution >= 4 is 16.7 Å². The molecule has 1 amide bonds. The molecule has 1 saturated heterocycles. The molecule has 1 fully saturated rings. The number of nitrogens with zero attached hydrogens (tertiary/aromatic N) is 1. The smallest absolute Gasteiger partial charge is 0.220 e. The largest absolute Gasteiger partial charge is 0.493 e. The van der Waals surface area contributed by atoms with Crippen LogP contribution in [0.4, 0.5) is 0 Å². The fourth-order valence-electron chi connectivity index (χ4n) is 4.12. The Kier molecular flexibility index (Phi) is 7.75. The molecule has 3 aromatic rings. The van der Waals surface area contributed by atoms with Crippen LogP contribution in [0.1, 0.15) is 36.8 Å². The van der Waals surface area contributed by atoms with Gasteiger partial charge in [0.05, 0.1) is 12.7 Å². The second-order valence-electron chi connectivity index (χ2n) is 8.53. The Morgan fingerprint density at radius 1 is 0.969 bits per heavy atom. The van der Waals surface area contributed by atoms with Crippen molar-refractivity contribution in [3.63, 3.8) is 0 Å². The molecule has 168 valence electrons. The number of hydrogen-bond donors (Lipinski definition) is 2. The van der Waals surface area contributed by atoms with Gasteiger partial charge in [0.2, 0.25) is 5.91 Å². The number of likely N-dealkylation sites (tertiary alicyclic amines) is 1. The van der Waals surface area contributed by atoms with Gasteiger partial charge in [0.1, 0.15) is 5.75 Å². The van der Waals surface area contributed by atoms with E-state index >= 15 is 0 Å². The maximum atomic E-state index is 12.2. The summed E-state index contributed by atoms with van der Waals surface area (Å²) in [6.45, 7) is 3.87. The maximum Gasteiger partial charge on any atom is 0.220 e. The summed E-state index contributed by atoms with van der Waals surface area (Å²) in [4.78, 5) is 14.6. The van der Waals surface area contributed by atoms with Crippen molar-refractivity contribution in [1.29, 1.82) is 0 Å². The zero-order valence-electron chi connectivity index (χ0n) is 18.5. The number of amides is 1. The van der Waals surface area contributed by atoms with E-state index in [1.165, 1.54) is 5.56 Å². The number of aliphatic hydroxyl groups excluding tert-OH is 1. The average molecular weight is 433 g/mol. The van der Waals surface area contributed by atoms with Gasteiger partial charge in [0, 0.05) is 38.0 Å². The second kappa shape index (κ2) is 11.1. The molecule has 0 saturated carbocycles. The van der Waals surface area contributed by atoms with Crippen LogP contribution < -0.4 is 10.1 Å². The van der Waals surface area contributed by atoms with Crippen LogP contribution in [-0.4, -0.2) is 41.7 Å². The number of piperidine rings is 1. The van der Waals surface area contributed by atoms with Crippen LogP contribution in [0.5, 0.6) is 5.75 Å². The highest BCUT2D eigenvalue weighted by Gasteiger charge is 2.16. The van der Waals surface area contributed by atoms with Crippen molar-refractivity contribution < 1.29 is 14.6 Å². The molecule has 32 heavy (non-hydrogen) atoms. The van der Waals surface area contributed by atoms with Crippen LogP contribution in [0.2, 0.25) is 0 Å². The van der Waals surface area contributed by atoms with Gasteiger partial charge in [0.25, 0.3) is 0 Å². The van der Waals surface area contributed by atoms with Crippen LogP contribution in [0, 0.1) is 0 Å². The third kappa shape index (κ3) is 6.31. The number of aliphatic hydroxyl groups is 1. The van der Waals surface area contributed by atoms with E-state index in [0.29, 0.717) is 26.0 Å². The Bertz CT molecular complexity index is 1010. The molecule has 1 aliphatic rings. The van der Waals surface area contributed by atoms with E-state index in [1.807, 2.05) is 24.3 Å². The first-order valence-electron chi connectivity index (χ1n) is 11.5. The van der Waals surface area contributed by atoms with Crippen molar-refractivity contribution in [2.24, 2.45) is 0 Å². The molecule has 1 heterocycles. The molecule has 2 N–H and O–H groups in total. The first kappa shape index (κ1) is 22.3. The summed E-state index contributed by atoms with van der Waals surface area (Å²) < 4.78 is 5.92. The molecule has 0 bridgehead atoms. The molecule has 0 spiro atoms. The maximum absolute atomic E-state index is 12.2. The molecule has 5 nitrogen and oxygen atoms in total. The highest BCUT2D eigenvalue weighted by atomic mass is 16.5. The monoisotopic (exact) mass is 432 g/mol. The van der Waals surface area contributed by atoms with Gasteiger partial charge in [0.15, 0.2) is 0 Å². The van der Waals surface area contributed by atoms with E-state index in [1.54, 1.807) is 0 Å². The van der Waals surface area contributed by atoms with Crippen molar-refractivity contribution in [2.75, 3.05) is 19.7 Å². The third-order valence-electron chi connectivity index (χ3n) is 6.03. The van der Waals surface area contributed by atoms with Gasteiger partial charge in [-0.25, -0.2) is 0 Å². The Labute approximate surface area is 190 Å². The van der Waals surface area contributed by atoms with Crippen LogP contribution in [0.25, 0.3) is 10.8 Å². The highest BCUT2D eigenvalue weighted by Crippen LogP contribution is 2.25. The summed E-state index contributed by atoms with van der Waals surface area (Å²) >= 11 is 0. The van der Waals surface area contributed by atoms with Gasteiger partial charge in [-0.3, -0.25) is 9.69 Å². The highest BCUT2D eigenvalue weighted by molar-refractivity contribution is 5.88. The van der Waals surface area contributed by atoms with Crippen LogP contribution in [-0.2, 0) is 17.9 Å². The Hall–Kier alpha value is -2.89. The topological polar surface area (TPSA) is 61.8 Å². The number of carbonyl (C=O) groups is 1. The van der Waals surface area contributed by atoms with Crippen molar-refractivity contribution in [1.82, 2.24) is 10.2 Å². The molecule has 0 radical (unpaired) electrons. The number of rotatable bonds is 9. The Balaban J connectivity index is 1.15. The number of nitrogens with one attached hydrogen (secondary N) is 1. The van der Waals surface area contributed by atoms with E-state index in [9.17, 15) is 9.90 Å². The predicted molar refractivity (Wildman–Crippen MR) is 127 cm³/mol. The van der Waals surface area contributed by atoms with Crippen molar-refractivity contribution in [2.45, 2.75) is 44.9 Å². The van der Waals surface area contributed by atoms with E-state index in [4.69, 9.17) is 4.74 Å². The number of carbonyl (C=O) groups excluding carboxylic acids is 1. The minimum Gasteiger partial charge on any atom is -0.493 e. The molecule has 3 aromatic carbocycles. The standard InChI is InChI=1S/C27H32N2O3/c30-24-14-16-29(17-15-24)20-22-12-10-21(11-13-22)19-28-27(31)9-4-18-32-26-8-3-6-23-5-1-2-7-25(23)26/h1-3,5-8,10-13,24,30H,4,9,14-20H2,(H,28,31). The quantitative estimate of drug-likeness (QED) is 0.496. The van der Waals surface area contributed by atoms with Gasteiger partial charge in [-0.1, -0.05) is 60.7 Å². The fraction of sp³-hybridized carbons (Fsp3) is 0.370. The summed E-state index contributed by atoms with van der Waals surface area (Å²) in [5.74, 6) is 0.909. The van der Waals surface area contributed by atoms with Gasteiger partial charge >= 0.3 is 0 Å². The van der Waals surface area contributed by atoms with E-state index in [-0.39, 0.29) is 12.0 Å². The first-order valence-corrected chi connectivity index (χ1v) is 11.5. The van der Waals surface area contributed by atoms with Crippen molar-refractivity contribution in [3.8, 4) is 5.75 Å². The summed E-state index contributed by atoms with van der Waals surface area (Å²) in [5.41, 5.74) is 2.37. The lowest BCUT2D eigenvalue weighted by Crippen LogP contribution is -2.35. The number of fused-ring (bicyclic) bond motifs is 1. The SMILES string of the molecule is O=C(CCCOc1cccc2ccccc12)NCc1ccc(CN2CCC(O)CC2)cc1. The molecule has 0 aliphatic carbocycles. The Morgan fingerprint density at radius 2 is 1.69 bits per heavy atom. The van der Waals surface area contributed by atoms with E-state index in [2.05, 4.69) is 52.7 Å². The van der Waals surface area contributed by atoms with Crippen LogP contribution in [0.3, 0.4) is 0 Å². The van der Waals surface area contributed by atoms with Crippen molar-refractivity contribution in [3.05, 3.63) is 77.9 Å². The minimum absolute atomic E-state index is 0.0440. The predicted octanol–water partition coefficient (Wildman–Crippen LogP) is 4.27.